The fourth-order valence-corrected chi connectivity index (χ4v) is 1.78. The van der Waals surface area contributed by atoms with E-state index in [1.165, 1.54) is 7.11 Å². The Morgan fingerprint density at radius 3 is 2.31 bits per heavy atom. The molecule has 0 heterocycles. The predicted octanol–water partition coefficient (Wildman–Crippen LogP) is 1.81. The lowest BCUT2D eigenvalue weighted by Crippen LogP contribution is -2.45. The molecule has 0 amide bonds. The van der Waals surface area contributed by atoms with E-state index in [2.05, 4.69) is 24.8 Å². The van der Waals surface area contributed by atoms with Crippen LogP contribution in [0.25, 0.3) is 0 Å². The van der Waals surface area contributed by atoms with Crippen molar-refractivity contribution in [3.63, 3.8) is 0 Å². The molecule has 0 aromatic heterocycles. The highest BCUT2D eigenvalue weighted by atomic mass is 16.5. The van der Waals surface area contributed by atoms with Gasteiger partial charge in [0, 0.05) is 25.0 Å². The first-order valence-electron chi connectivity index (χ1n) is 5.66. The van der Waals surface area contributed by atoms with Crippen LogP contribution in [0.4, 0.5) is 0 Å². The maximum atomic E-state index is 11.4. The van der Waals surface area contributed by atoms with Crippen LogP contribution in [0.3, 0.4) is 0 Å². The molecule has 92 valence electrons. The Morgan fingerprint density at radius 2 is 1.94 bits per heavy atom. The predicted molar refractivity (Wildman–Crippen MR) is 62.7 cm³/mol. The quantitative estimate of drug-likeness (QED) is 0.648. The Morgan fingerprint density at radius 1 is 1.38 bits per heavy atom. The van der Waals surface area contributed by atoms with Gasteiger partial charge >= 0.3 is 5.97 Å². The highest BCUT2D eigenvalue weighted by Crippen LogP contribution is 2.15. The van der Waals surface area contributed by atoms with Gasteiger partial charge in [-0.15, -0.1) is 0 Å². The minimum Gasteiger partial charge on any atom is -0.469 e. The Balaban J connectivity index is 4.54. The van der Waals surface area contributed by atoms with E-state index in [9.17, 15) is 4.79 Å². The molecule has 0 aliphatic carbocycles. The molecule has 0 aromatic carbocycles. The smallest absolute Gasteiger partial charge is 0.309 e. The van der Waals surface area contributed by atoms with Gasteiger partial charge in [-0.3, -0.25) is 9.69 Å². The van der Waals surface area contributed by atoms with E-state index in [4.69, 9.17) is 10.00 Å². The van der Waals surface area contributed by atoms with Crippen molar-refractivity contribution in [3.05, 3.63) is 0 Å². The fraction of sp³-hybridized carbons (Fsp3) is 0.833. The van der Waals surface area contributed by atoms with Crippen LogP contribution < -0.4 is 0 Å². The Labute approximate surface area is 98.2 Å². The summed E-state index contributed by atoms with van der Waals surface area (Å²) in [6, 6.07) is 2.53. The zero-order valence-electron chi connectivity index (χ0n) is 10.9. The standard InChI is InChI=1S/C12H22N2O2/c1-9(2)14(8-6-7-13)11(4)10(3)12(15)16-5/h9-11H,6,8H2,1-5H3. The lowest BCUT2D eigenvalue weighted by Gasteiger charge is -2.34. The molecule has 2 unspecified atom stereocenters. The lowest BCUT2D eigenvalue weighted by molar-refractivity contribution is -0.147. The fourth-order valence-electron chi connectivity index (χ4n) is 1.78. The SMILES string of the molecule is COC(=O)C(C)C(C)N(CCC#N)C(C)C. The van der Waals surface area contributed by atoms with Crippen molar-refractivity contribution < 1.29 is 9.53 Å². The van der Waals surface area contributed by atoms with Crippen molar-refractivity contribution in [1.82, 2.24) is 4.90 Å². The number of carbonyl (C=O) groups excluding carboxylic acids is 1. The Kier molecular flexibility index (Phi) is 6.75. The second-order valence-corrected chi connectivity index (χ2v) is 4.29. The molecule has 4 heteroatoms. The highest BCUT2D eigenvalue weighted by molar-refractivity contribution is 5.72. The van der Waals surface area contributed by atoms with Gasteiger partial charge in [0.1, 0.15) is 0 Å². The number of carbonyl (C=O) groups is 1. The molecule has 0 bridgehead atoms. The number of ether oxygens (including phenoxy) is 1. The van der Waals surface area contributed by atoms with Crippen LogP contribution in [0.2, 0.25) is 0 Å². The van der Waals surface area contributed by atoms with Gasteiger partial charge in [-0.1, -0.05) is 6.92 Å². The molecule has 0 rings (SSSR count). The molecular formula is C12H22N2O2. The maximum absolute atomic E-state index is 11.4. The molecule has 0 spiro atoms. The average Bonchev–Trinajstić information content (AvgIpc) is 2.26. The van der Waals surface area contributed by atoms with Crippen LogP contribution in [0.5, 0.6) is 0 Å². The van der Waals surface area contributed by atoms with Crippen molar-refractivity contribution in [2.24, 2.45) is 5.92 Å². The first-order valence-corrected chi connectivity index (χ1v) is 5.66. The van der Waals surface area contributed by atoms with E-state index in [0.717, 1.165) is 0 Å². The number of esters is 1. The molecule has 2 atom stereocenters. The topological polar surface area (TPSA) is 53.3 Å². The number of rotatable bonds is 6. The number of nitrogens with zero attached hydrogens (tertiary/aromatic N) is 2. The van der Waals surface area contributed by atoms with Gasteiger partial charge in [-0.2, -0.15) is 5.26 Å². The summed E-state index contributed by atoms with van der Waals surface area (Å²) in [6.07, 6.45) is 0.483. The monoisotopic (exact) mass is 226 g/mol. The molecule has 0 aromatic rings. The second kappa shape index (κ2) is 7.24. The zero-order chi connectivity index (χ0) is 12.7. The summed E-state index contributed by atoms with van der Waals surface area (Å²) in [6.45, 7) is 8.68. The molecule has 0 aliphatic rings. The van der Waals surface area contributed by atoms with E-state index in [-0.39, 0.29) is 17.9 Å². The second-order valence-electron chi connectivity index (χ2n) is 4.29. The van der Waals surface area contributed by atoms with E-state index in [0.29, 0.717) is 19.0 Å². The largest absolute Gasteiger partial charge is 0.469 e. The van der Waals surface area contributed by atoms with Gasteiger partial charge in [0.25, 0.3) is 0 Å². The van der Waals surface area contributed by atoms with Crippen LogP contribution in [0, 0.1) is 17.2 Å². The molecular weight excluding hydrogens is 204 g/mol. The summed E-state index contributed by atoms with van der Waals surface area (Å²) < 4.78 is 4.74. The van der Waals surface area contributed by atoms with E-state index in [1.807, 2.05) is 13.8 Å². The summed E-state index contributed by atoms with van der Waals surface area (Å²) in [5, 5.41) is 8.60. The third-order valence-electron chi connectivity index (χ3n) is 2.96. The van der Waals surface area contributed by atoms with Gasteiger partial charge in [-0.05, 0) is 20.8 Å². The number of nitriles is 1. The van der Waals surface area contributed by atoms with Crippen molar-refractivity contribution in [2.75, 3.05) is 13.7 Å². The molecule has 0 fully saturated rings. The molecule has 16 heavy (non-hydrogen) atoms. The Bertz CT molecular complexity index is 258. The molecule has 0 saturated carbocycles. The van der Waals surface area contributed by atoms with Crippen molar-refractivity contribution in [3.8, 4) is 6.07 Å². The summed E-state index contributed by atoms with van der Waals surface area (Å²) in [4.78, 5) is 13.6. The number of hydrogen-bond acceptors (Lipinski definition) is 4. The average molecular weight is 226 g/mol. The van der Waals surface area contributed by atoms with E-state index in [1.54, 1.807) is 0 Å². The van der Waals surface area contributed by atoms with Crippen LogP contribution in [-0.2, 0) is 9.53 Å². The van der Waals surface area contributed by atoms with Gasteiger partial charge in [0.05, 0.1) is 19.1 Å². The van der Waals surface area contributed by atoms with Crippen LogP contribution in [0.1, 0.15) is 34.1 Å². The normalized spacial score (nSPS) is 14.6. The van der Waals surface area contributed by atoms with Gasteiger partial charge in [-0.25, -0.2) is 0 Å². The van der Waals surface area contributed by atoms with Crippen LogP contribution in [-0.4, -0.2) is 36.6 Å². The lowest BCUT2D eigenvalue weighted by atomic mass is 10.0. The first-order chi connectivity index (χ1) is 7.45. The summed E-state index contributed by atoms with van der Waals surface area (Å²) in [5.74, 6) is -0.374. The van der Waals surface area contributed by atoms with E-state index >= 15 is 0 Å². The molecule has 0 N–H and O–H groups in total. The molecule has 0 saturated heterocycles. The zero-order valence-corrected chi connectivity index (χ0v) is 10.9. The third kappa shape index (κ3) is 4.19. The molecule has 4 nitrogen and oxygen atoms in total. The first kappa shape index (κ1) is 14.9. The molecule has 0 radical (unpaired) electrons. The van der Waals surface area contributed by atoms with Crippen LogP contribution >= 0.6 is 0 Å². The third-order valence-corrected chi connectivity index (χ3v) is 2.96. The summed E-state index contributed by atoms with van der Waals surface area (Å²) >= 11 is 0. The summed E-state index contributed by atoms with van der Waals surface area (Å²) in [7, 11) is 1.40. The van der Waals surface area contributed by atoms with Gasteiger partial charge in [0.15, 0.2) is 0 Å². The Hall–Kier alpha value is -1.08. The van der Waals surface area contributed by atoms with E-state index < -0.39 is 0 Å². The molecule has 0 aliphatic heterocycles. The van der Waals surface area contributed by atoms with Gasteiger partial charge < -0.3 is 4.74 Å². The van der Waals surface area contributed by atoms with Crippen molar-refractivity contribution in [1.29, 1.82) is 5.26 Å². The van der Waals surface area contributed by atoms with Crippen LogP contribution in [0.15, 0.2) is 0 Å². The maximum Gasteiger partial charge on any atom is 0.309 e. The minimum absolute atomic E-state index is 0.0841. The highest BCUT2D eigenvalue weighted by Gasteiger charge is 2.27. The van der Waals surface area contributed by atoms with Crippen molar-refractivity contribution in [2.45, 2.75) is 46.2 Å². The van der Waals surface area contributed by atoms with Gasteiger partial charge in [0.2, 0.25) is 0 Å². The number of methoxy groups -OCH3 is 1. The number of hydrogen-bond donors (Lipinski definition) is 0. The minimum atomic E-state index is -0.199. The van der Waals surface area contributed by atoms with Crippen molar-refractivity contribution >= 4 is 5.97 Å². The summed E-state index contributed by atoms with van der Waals surface area (Å²) in [5.41, 5.74) is 0.